The predicted octanol–water partition coefficient (Wildman–Crippen LogP) is 4.94. The Morgan fingerprint density at radius 3 is 2.76 bits per heavy atom. The van der Waals surface area contributed by atoms with Gasteiger partial charge in [0.1, 0.15) is 10.8 Å². The topological polar surface area (TPSA) is 69.0 Å². The Kier molecular flexibility index (Phi) is 7.88. The van der Waals surface area contributed by atoms with Crippen molar-refractivity contribution in [2.45, 2.75) is 46.1 Å². The minimum atomic E-state index is -0.267. The van der Waals surface area contributed by atoms with Gasteiger partial charge < -0.3 is 10.1 Å². The number of hydrogen-bond donors (Lipinski definition) is 1. The van der Waals surface area contributed by atoms with Crippen molar-refractivity contribution in [1.82, 2.24) is 20.1 Å². The van der Waals surface area contributed by atoms with Gasteiger partial charge in [-0.15, -0.1) is 11.3 Å². The Hall–Kier alpha value is -2.58. The van der Waals surface area contributed by atoms with E-state index in [2.05, 4.69) is 24.3 Å². The number of amides is 1. The molecule has 8 heteroatoms. The first-order chi connectivity index (χ1) is 16.0. The first-order valence-electron chi connectivity index (χ1n) is 11.6. The Morgan fingerprint density at radius 1 is 1.27 bits per heavy atom. The average molecular weight is 471 g/mol. The van der Waals surface area contributed by atoms with Gasteiger partial charge in [0.2, 0.25) is 5.91 Å². The van der Waals surface area contributed by atoms with Crippen LogP contribution in [0.3, 0.4) is 0 Å². The van der Waals surface area contributed by atoms with Crippen LogP contribution in [0.25, 0.3) is 21.8 Å². The van der Waals surface area contributed by atoms with E-state index in [1.807, 2.05) is 16.3 Å². The van der Waals surface area contributed by atoms with Crippen molar-refractivity contribution in [3.05, 3.63) is 47.4 Å². The molecule has 0 saturated carbocycles. The van der Waals surface area contributed by atoms with E-state index >= 15 is 0 Å². The number of carbonyl (C=O) groups is 1. The van der Waals surface area contributed by atoms with Gasteiger partial charge in [0.25, 0.3) is 0 Å². The van der Waals surface area contributed by atoms with Gasteiger partial charge in [-0.25, -0.2) is 9.37 Å². The Bertz CT molecular complexity index is 1050. The zero-order valence-electron chi connectivity index (χ0n) is 19.2. The summed E-state index contributed by atoms with van der Waals surface area (Å²) in [5.74, 6) is 0.759. The van der Waals surface area contributed by atoms with Crippen LogP contribution >= 0.6 is 11.3 Å². The molecule has 1 aliphatic heterocycles. The van der Waals surface area contributed by atoms with E-state index in [9.17, 15) is 9.18 Å². The quantitative estimate of drug-likeness (QED) is 0.481. The molecule has 1 aromatic carbocycles. The molecule has 1 saturated heterocycles. The van der Waals surface area contributed by atoms with E-state index < -0.39 is 0 Å². The van der Waals surface area contributed by atoms with Gasteiger partial charge in [-0.2, -0.15) is 5.10 Å². The highest BCUT2D eigenvalue weighted by molar-refractivity contribution is 7.13. The van der Waals surface area contributed by atoms with Crippen LogP contribution < -0.4 is 5.32 Å². The van der Waals surface area contributed by atoms with Crippen molar-refractivity contribution in [2.75, 3.05) is 19.8 Å². The SMILES string of the molecule is CC(C)CCn1ncc(-c2nc(CC(=O)NCC3CCOCC3)cs2)c1-c1ccc(F)cc1. The Balaban J connectivity index is 1.49. The zero-order chi connectivity index (χ0) is 23.2. The Labute approximate surface area is 198 Å². The minimum absolute atomic E-state index is 0.00951. The molecule has 0 atom stereocenters. The number of halogens is 1. The van der Waals surface area contributed by atoms with Crippen molar-refractivity contribution in [3.63, 3.8) is 0 Å². The molecule has 1 amide bonds. The maximum Gasteiger partial charge on any atom is 0.226 e. The van der Waals surface area contributed by atoms with Gasteiger partial charge in [0.15, 0.2) is 0 Å². The van der Waals surface area contributed by atoms with E-state index in [1.165, 1.54) is 23.5 Å². The molecule has 0 radical (unpaired) electrons. The summed E-state index contributed by atoms with van der Waals surface area (Å²) in [6.45, 7) is 7.38. The summed E-state index contributed by atoms with van der Waals surface area (Å²) in [4.78, 5) is 17.2. The number of benzene rings is 1. The lowest BCUT2D eigenvalue weighted by Gasteiger charge is -2.22. The second kappa shape index (κ2) is 11.0. The third-order valence-corrected chi connectivity index (χ3v) is 6.85. The van der Waals surface area contributed by atoms with E-state index in [0.29, 0.717) is 18.4 Å². The number of aryl methyl sites for hydroxylation is 1. The molecule has 3 heterocycles. The summed E-state index contributed by atoms with van der Waals surface area (Å²) in [6.07, 6.45) is 5.06. The second-order valence-corrected chi connectivity index (χ2v) is 9.86. The van der Waals surface area contributed by atoms with Crippen LogP contribution in [0.4, 0.5) is 4.39 Å². The van der Waals surface area contributed by atoms with Crippen molar-refractivity contribution in [1.29, 1.82) is 0 Å². The molecule has 4 rings (SSSR count). The summed E-state index contributed by atoms with van der Waals surface area (Å²) in [7, 11) is 0. The van der Waals surface area contributed by atoms with Crippen LogP contribution in [0.15, 0.2) is 35.8 Å². The molecular weight excluding hydrogens is 439 g/mol. The summed E-state index contributed by atoms with van der Waals surface area (Å²) < 4.78 is 20.9. The monoisotopic (exact) mass is 470 g/mol. The average Bonchev–Trinajstić information content (AvgIpc) is 3.44. The first-order valence-corrected chi connectivity index (χ1v) is 12.5. The van der Waals surface area contributed by atoms with Crippen LogP contribution in [0.1, 0.15) is 38.8 Å². The lowest BCUT2D eigenvalue weighted by Crippen LogP contribution is -2.33. The van der Waals surface area contributed by atoms with E-state index in [1.54, 1.807) is 12.1 Å². The number of thiazole rings is 1. The molecule has 33 heavy (non-hydrogen) atoms. The van der Waals surface area contributed by atoms with Gasteiger partial charge in [-0.05, 0) is 55.4 Å². The number of hydrogen-bond acceptors (Lipinski definition) is 5. The van der Waals surface area contributed by atoms with E-state index in [4.69, 9.17) is 9.72 Å². The molecule has 2 aromatic heterocycles. The van der Waals surface area contributed by atoms with E-state index in [-0.39, 0.29) is 18.1 Å². The molecule has 1 N–H and O–H groups in total. The van der Waals surface area contributed by atoms with Crippen LogP contribution in [0.5, 0.6) is 0 Å². The van der Waals surface area contributed by atoms with Gasteiger partial charge in [0.05, 0.1) is 29.6 Å². The van der Waals surface area contributed by atoms with Gasteiger partial charge in [0, 0.05) is 37.2 Å². The maximum absolute atomic E-state index is 13.5. The number of aromatic nitrogens is 3. The number of nitrogens with one attached hydrogen (secondary N) is 1. The largest absolute Gasteiger partial charge is 0.381 e. The number of ether oxygens (including phenoxy) is 1. The maximum atomic E-state index is 13.5. The van der Waals surface area contributed by atoms with Crippen molar-refractivity contribution >= 4 is 17.2 Å². The van der Waals surface area contributed by atoms with Crippen LogP contribution in [0, 0.1) is 17.7 Å². The van der Waals surface area contributed by atoms with Crippen LogP contribution in [-0.4, -0.2) is 40.4 Å². The summed E-state index contributed by atoms with van der Waals surface area (Å²) in [5, 5.41) is 10.4. The molecule has 1 fully saturated rings. The first kappa shape index (κ1) is 23.6. The summed E-state index contributed by atoms with van der Waals surface area (Å²) >= 11 is 1.51. The molecule has 0 spiro atoms. The highest BCUT2D eigenvalue weighted by Crippen LogP contribution is 2.34. The van der Waals surface area contributed by atoms with Crippen LogP contribution in [0.2, 0.25) is 0 Å². The fourth-order valence-electron chi connectivity index (χ4n) is 3.95. The lowest BCUT2D eigenvalue weighted by atomic mass is 10.0. The molecule has 6 nitrogen and oxygen atoms in total. The number of nitrogens with zero attached hydrogens (tertiary/aromatic N) is 3. The normalized spacial score (nSPS) is 14.7. The molecule has 176 valence electrons. The third-order valence-electron chi connectivity index (χ3n) is 5.93. The predicted molar refractivity (Wildman–Crippen MR) is 128 cm³/mol. The molecule has 0 bridgehead atoms. The molecule has 3 aromatic rings. The highest BCUT2D eigenvalue weighted by atomic mass is 32.1. The van der Waals surface area contributed by atoms with Crippen molar-refractivity contribution < 1.29 is 13.9 Å². The molecule has 0 unspecified atom stereocenters. The molecular formula is C25H31FN4O2S. The molecule has 0 aliphatic carbocycles. The number of carbonyl (C=O) groups excluding carboxylic acids is 1. The minimum Gasteiger partial charge on any atom is -0.381 e. The van der Waals surface area contributed by atoms with E-state index in [0.717, 1.165) is 66.5 Å². The Morgan fingerprint density at radius 2 is 2.03 bits per heavy atom. The van der Waals surface area contributed by atoms with Crippen molar-refractivity contribution in [2.24, 2.45) is 11.8 Å². The lowest BCUT2D eigenvalue weighted by molar-refractivity contribution is -0.120. The smallest absolute Gasteiger partial charge is 0.226 e. The fourth-order valence-corrected chi connectivity index (χ4v) is 4.78. The summed E-state index contributed by atoms with van der Waals surface area (Å²) in [5.41, 5.74) is 3.49. The number of rotatable bonds is 9. The van der Waals surface area contributed by atoms with Gasteiger partial charge in [-0.1, -0.05) is 13.8 Å². The highest BCUT2D eigenvalue weighted by Gasteiger charge is 2.19. The standard InChI is InChI=1S/C25H31FN4O2S/c1-17(2)7-10-30-24(19-3-5-20(26)6-4-19)22(15-28-30)25-29-21(16-33-25)13-23(31)27-14-18-8-11-32-12-9-18/h3-6,15-18H,7-14H2,1-2H3,(H,27,31). The second-order valence-electron chi connectivity index (χ2n) is 9.00. The van der Waals surface area contributed by atoms with Gasteiger partial charge >= 0.3 is 0 Å². The summed E-state index contributed by atoms with van der Waals surface area (Å²) in [6, 6.07) is 6.49. The van der Waals surface area contributed by atoms with Gasteiger partial charge in [-0.3, -0.25) is 9.48 Å². The third kappa shape index (κ3) is 6.26. The zero-order valence-corrected chi connectivity index (χ0v) is 20.0. The van der Waals surface area contributed by atoms with Crippen LogP contribution in [-0.2, 0) is 22.5 Å². The van der Waals surface area contributed by atoms with Crippen molar-refractivity contribution in [3.8, 4) is 21.8 Å². The fraction of sp³-hybridized carbons (Fsp3) is 0.480. The molecule has 1 aliphatic rings.